The van der Waals surface area contributed by atoms with Gasteiger partial charge in [0.05, 0.1) is 13.0 Å². The predicted molar refractivity (Wildman–Crippen MR) is 107 cm³/mol. The molecule has 0 aliphatic carbocycles. The zero-order valence-electron chi connectivity index (χ0n) is 17.5. The largest absolute Gasteiger partial charge is 0.493 e. The van der Waals surface area contributed by atoms with E-state index in [0.29, 0.717) is 25.3 Å². The number of alkyl carbamates (subject to hydrolysis) is 1. The Balaban J connectivity index is 1.99. The number of likely N-dealkylation sites (tertiary alicyclic amines) is 1. The molecule has 0 spiro atoms. The highest BCUT2D eigenvalue weighted by Gasteiger charge is 2.27. The molecule has 0 unspecified atom stereocenters. The number of ether oxygens (including phenoxy) is 2. The van der Waals surface area contributed by atoms with Gasteiger partial charge in [-0.1, -0.05) is 6.07 Å². The third-order valence-electron chi connectivity index (χ3n) is 4.43. The molecule has 8 heteroatoms. The van der Waals surface area contributed by atoms with Crippen LogP contribution in [-0.4, -0.2) is 59.3 Å². The van der Waals surface area contributed by atoms with Gasteiger partial charge in [0.1, 0.15) is 16.9 Å². The van der Waals surface area contributed by atoms with E-state index in [1.54, 1.807) is 44.7 Å². The van der Waals surface area contributed by atoms with Crippen molar-refractivity contribution in [2.75, 3.05) is 19.7 Å². The zero-order valence-corrected chi connectivity index (χ0v) is 17.5. The minimum Gasteiger partial charge on any atom is -0.493 e. The third-order valence-corrected chi connectivity index (χ3v) is 4.43. The molecular formula is C21H30N2O6. The molecule has 1 heterocycles. The maximum Gasteiger partial charge on any atom is 0.407 e. The Kier molecular flexibility index (Phi) is 7.47. The predicted octanol–water partition coefficient (Wildman–Crippen LogP) is 2.84. The van der Waals surface area contributed by atoms with E-state index < -0.39 is 17.7 Å². The van der Waals surface area contributed by atoms with Crippen LogP contribution in [0.3, 0.4) is 0 Å². The molecule has 2 amide bonds. The van der Waals surface area contributed by atoms with Gasteiger partial charge in [-0.15, -0.1) is 0 Å². The van der Waals surface area contributed by atoms with Crippen LogP contribution in [0.2, 0.25) is 0 Å². The average Bonchev–Trinajstić information content (AvgIpc) is 2.60. The number of piperidine rings is 1. The van der Waals surface area contributed by atoms with Gasteiger partial charge in [-0.05, 0) is 58.2 Å². The summed E-state index contributed by atoms with van der Waals surface area (Å²) in [5.74, 6) is -0.891. The molecule has 0 aromatic heterocycles. The molecule has 0 bridgehead atoms. The summed E-state index contributed by atoms with van der Waals surface area (Å²) < 4.78 is 10.7. The number of amides is 2. The standard InChI is InChI=1S/C21H30N2O6/c1-5-28-17-11-14(8-9-16(17)19(25)26)12-18(24)23-10-6-7-15(13-23)22-20(27)29-21(2,3)4/h8-9,11,15H,5-7,10,12-13H2,1-4H3,(H,22,27)(H,25,26)/t15-/m0/s1. The Bertz CT molecular complexity index is 756. The highest BCUT2D eigenvalue weighted by atomic mass is 16.6. The normalized spacial score (nSPS) is 16.8. The first-order valence-electron chi connectivity index (χ1n) is 9.85. The number of nitrogens with zero attached hydrogens (tertiary/aromatic N) is 1. The van der Waals surface area contributed by atoms with Crippen molar-refractivity contribution in [3.05, 3.63) is 29.3 Å². The second-order valence-corrected chi connectivity index (χ2v) is 8.07. The van der Waals surface area contributed by atoms with E-state index >= 15 is 0 Å². The van der Waals surface area contributed by atoms with E-state index in [1.807, 2.05) is 0 Å². The van der Waals surface area contributed by atoms with Crippen molar-refractivity contribution in [3.63, 3.8) is 0 Å². The summed E-state index contributed by atoms with van der Waals surface area (Å²) >= 11 is 0. The number of aromatic carboxylic acids is 1. The van der Waals surface area contributed by atoms with Crippen LogP contribution in [0.25, 0.3) is 0 Å². The Morgan fingerprint density at radius 1 is 1.28 bits per heavy atom. The SMILES string of the molecule is CCOc1cc(CC(=O)N2CCC[C@H](NC(=O)OC(C)(C)C)C2)ccc1C(=O)O. The number of carbonyl (C=O) groups excluding carboxylic acids is 2. The molecular weight excluding hydrogens is 376 g/mol. The molecule has 1 aromatic carbocycles. The van der Waals surface area contributed by atoms with E-state index in [4.69, 9.17) is 9.47 Å². The van der Waals surface area contributed by atoms with Crippen molar-refractivity contribution in [2.45, 2.75) is 58.6 Å². The topological polar surface area (TPSA) is 105 Å². The first-order valence-corrected chi connectivity index (χ1v) is 9.85. The molecule has 2 N–H and O–H groups in total. The summed E-state index contributed by atoms with van der Waals surface area (Å²) in [7, 11) is 0. The van der Waals surface area contributed by atoms with Gasteiger partial charge in [0.15, 0.2) is 0 Å². The van der Waals surface area contributed by atoms with Crippen LogP contribution in [-0.2, 0) is 16.0 Å². The van der Waals surface area contributed by atoms with E-state index in [2.05, 4.69) is 5.32 Å². The maximum absolute atomic E-state index is 12.7. The Morgan fingerprint density at radius 2 is 2.00 bits per heavy atom. The molecule has 1 fully saturated rings. The fourth-order valence-corrected chi connectivity index (χ4v) is 3.21. The third kappa shape index (κ3) is 6.96. The van der Waals surface area contributed by atoms with Crippen LogP contribution < -0.4 is 10.1 Å². The van der Waals surface area contributed by atoms with Crippen molar-refractivity contribution >= 4 is 18.0 Å². The first-order chi connectivity index (χ1) is 13.6. The highest BCUT2D eigenvalue weighted by molar-refractivity contribution is 5.91. The van der Waals surface area contributed by atoms with Gasteiger partial charge in [0, 0.05) is 19.1 Å². The number of benzene rings is 1. The molecule has 0 saturated carbocycles. The minimum absolute atomic E-state index is 0.0719. The van der Waals surface area contributed by atoms with Crippen molar-refractivity contribution in [1.82, 2.24) is 10.2 Å². The van der Waals surface area contributed by atoms with Gasteiger partial charge in [0.2, 0.25) is 5.91 Å². The summed E-state index contributed by atoms with van der Waals surface area (Å²) in [6, 6.07) is 4.53. The number of nitrogens with one attached hydrogen (secondary N) is 1. The fourth-order valence-electron chi connectivity index (χ4n) is 3.21. The number of rotatable bonds is 6. The molecule has 1 aliphatic heterocycles. The quantitative estimate of drug-likeness (QED) is 0.753. The van der Waals surface area contributed by atoms with Crippen LogP contribution in [0.1, 0.15) is 56.5 Å². The van der Waals surface area contributed by atoms with E-state index in [1.165, 1.54) is 6.07 Å². The second-order valence-electron chi connectivity index (χ2n) is 8.07. The number of hydrogen-bond acceptors (Lipinski definition) is 5. The van der Waals surface area contributed by atoms with Gasteiger partial charge in [-0.3, -0.25) is 4.79 Å². The molecule has 1 aromatic rings. The Hall–Kier alpha value is -2.77. The molecule has 1 saturated heterocycles. The summed E-state index contributed by atoms with van der Waals surface area (Å²) in [6.07, 6.45) is 1.22. The van der Waals surface area contributed by atoms with E-state index in [9.17, 15) is 19.5 Å². The van der Waals surface area contributed by atoms with Crippen molar-refractivity contribution in [3.8, 4) is 5.75 Å². The van der Waals surface area contributed by atoms with Gasteiger partial charge in [-0.25, -0.2) is 9.59 Å². The molecule has 8 nitrogen and oxygen atoms in total. The van der Waals surface area contributed by atoms with Gasteiger partial charge in [0.25, 0.3) is 0 Å². The summed E-state index contributed by atoms with van der Waals surface area (Å²) in [5, 5.41) is 12.1. The molecule has 0 radical (unpaired) electrons. The van der Waals surface area contributed by atoms with Crippen LogP contribution in [0.5, 0.6) is 5.75 Å². The number of carboxylic acids is 1. The lowest BCUT2D eigenvalue weighted by Crippen LogP contribution is -2.50. The lowest BCUT2D eigenvalue weighted by Gasteiger charge is -2.33. The molecule has 2 rings (SSSR count). The first kappa shape index (κ1) is 22.5. The monoisotopic (exact) mass is 406 g/mol. The summed E-state index contributed by atoms with van der Waals surface area (Å²) in [6.45, 7) is 8.55. The van der Waals surface area contributed by atoms with Crippen LogP contribution in [0.4, 0.5) is 4.79 Å². The van der Waals surface area contributed by atoms with Gasteiger partial charge < -0.3 is 24.8 Å². The lowest BCUT2D eigenvalue weighted by molar-refractivity contribution is -0.131. The summed E-state index contributed by atoms with van der Waals surface area (Å²) in [5.41, 5.74) is 0.183. The van der Waals surface area contributed by atoms with Crippen LogP contribution in [0, 0.1) is 0 Å². The maximum atomic E-state index is 12.7. The molecule has 160 valence electrons. The van der Waals surface area contributed by atoms with Crippen LogP contribution in [0.15, 0.2) is 18.2 Å². The van der Waals surface area contributed by atoms with Gasteiger partial charge in [-0.2, -0.15) is 0 Å². The minimum atomic E-state index is -1.07. The van der Waals surface area contributed by atoms with Crippen LogP contribution >= 0.6 is 0 Å². The number of carboxylic acid groups (broad SMARTS) is 1. The van der Waals surface area contributed by atoms with Gasteiger partial charge >= 0.3 is 12.1 Å². The second kappa shape index (κ2) is 9.62. The van der Waals surface area contributed by atoms with E-state index in [-0.39, 0.29) is 29.7 Å². The molecule has 1 atom stereocenters. The summed E-state index contributed by atoms with van der Waals surface area (Å²) in [4.78, 5) is 37.7. The smallest absolute Gasteiger partial charge is 0.407 e. The molecule has 1 aliphatic rings. The van der Waals surface area contributed by atoms with Crippen molar-refractivity contribution in [2.24, 2.45) is 0 Å². The lowest BCUT2D eigenvalue weighted by atomic mass is 10.0. The average molecular weight is 406 g/mol. The zero-order chi connectivity index (χ0) is 21.6. The highest BCUT2D eigenvalue weighted by Crippen LogP contribution is 2.22. The van der Waals surface area contributed by atoms with Crippen molar-refractivity contribution < 1.29 is 29.0 Å². The number of hydrogen-bond donors (Lipinski definition) is 2. The Morgan fingerprint density at radius 3 is 2.62 bits per heavy atom. The number of carbonyl (C=O) groups is 3. The fraction of sp³-hybridized carbons (Fsp3) is 0.571. The van der Waals surface area contributed by atoms with E-state index in [0.717, 1.165) is 12.8 Å². The Labute approximate surface area is 171 Å². The molecule has 29 heavy (non-hydrogen) atoms. The van der Waals surface area contributed by atoms with Crippen molar-refractivity contribution in [1.29, 1.82) is 0 Å².